The topological polar surface area (TPSA) is 105 Å². The van der Waals surface area contributed by atoms with Crippen molar-refractivity contribution in [1.82, 2.24) is 10.2 Å². The zero-order chi connectivity index (χ0) is 26.5. The minimum Gasteiger partial charge on any atom is -0.457 e. The number of rotatable bonds is 7. The molecule has 4 rings (SSSR count). The molecule has 1 aliphatic rings. The monoisotopic (exact) mass is 514 g/mol. The highest BCUT2D eigenvalue weighted by atomic mass is 32.1. The normalized spacial score (nSPS) is 15.0. The number of anilines is 1. The molecule has 9 nitrogen and oxygen atoms in total. The molecule has 3 aromatic carbocycles. The van der Waals surface area contributed by atoms with Crippen LogP contribution < -0.4 is 15.0 Å². The number of allylic oxidation sites excluding steroid dienone is 2. The number of hydrogen-bond acceptors (Lipinski definition) is 7. The van der Waals surface area contributed by atoms with Gasteiger partial charge in [0, 0.05) is 31.9 Å². The Morgan fingerprint density at radius 3 is 2.24 bits per heavy atom. The lowest BCUT2D eigenvalue weighted by atomic mass is 10.00. The van der Waals surface area contributed by atoms with Crippen molar-refractivity contribution in [2.45, 2.75) is 0 Å². The Hall–Kier alpha value is -4.83. The maximum atomic E-state index is 13.5. The van der Waals surface area contributed by atoms with Crippen LogP contribution >= 0.6 is 12.2 Å². The van der Waals surface area contributed by atoms with Gasteiger partial charge in [-0.3, -0.25) is 29.9 Å². The molecule has 1 saturated heterocycles. The largest absolute Gasteiger partial charge is 0.457 e. The van der Waals surface area contributed by atoms with Crippen molar-refractivity contribution < 1.29 is 19.2 Å². The Balaban J connectivity index is 1.69. The van der Waals surface area contributed by atoms with Crippen LogP contribution in [-0.2, 0) is 9.59 Å². The quantitative estimate of drug-likeness (QED) is 0.161. The molecule has 186 valence electrons. The third kappa shape index (κ3) is 5.71. The van der Waals surface area contributed by atoms with E-state index in [0.717, 1.165) is 0 Å². The zero-order valence-electron chi connectivity index (χ0n) is 20.0. The number of nitro benzene ring substituents is 1. The fourth-order valence-electron chi connectivity index (χ4n) is 3.68. The first-order valence-corrected chi connectivity index (χ1v) is 11.5. The van der Waals surface area contributed by atoms with E-state index in [1.54, 1.807) is 67.7 Å². The number of ether oxygens (including phenoxy) is 1. The number of nitrogens with one attached hydrogen (secondary N) is 1. The van der Waals surface area contributed by atoms with Crippen LogP contribution in [-0.4, -0.2) is 40.8 Å². The molecule has 0 bridgehead atoms. The first kappa shape index (κ1) is 25.3. The van der Waals surface area contributed by atoms with Gasteiger partial charge >= 0.3 is 0 Å². The SMILES string of the molecule is CN(C)C=C(C=C1C(=O)NC(=S)N(c2ccc(Oc3ccccc3)cc2)C1=O)c1ccccc1[N+](=O)[O-]. The van der Waals surface area contributed by atoms with E-state index in [9.17, 15) is 19.7 Å². The second kappa shape index (κ2) is 10.8. The highest BCUT2D eigenvalue weighted by Crippen LogP contribution is 2.30. The van der Waals surface area contributed by atoms with Crippen LogP contribution in [0.15, 0.2) is 96.7 Å². The van der Waals surface area contributed by atoms with Gasteiger partial charge in [-0.2, -0.15) is 0 Å². The van der Waals surface area contributed by atoms with Gasteiger partial charge in [0.1, 0.15) is 17.1 Å². The maximum absolute atomic E-state index is 13.5. The van der Waals surface area contributed by atoms with Crippen LogP contribution in [0, 0.1) is 10.1 Å². The Morgan fingerprint density at radius 1 is 0.973 bits per heavy atom. The third-order valence-electron chi connectivity index (χ3n) is 5.28. The summed E-state index contributed by atoms with van der Waals surface area (Å²) in [4.78, 5) is 40.3. The highest BCUT2D eigenvalue weighted by Gasteiger charge is 2.35. The minimum atomic E-state index is -0.696. The summed E-state index contributed by atoms with van der Waals surface area (Å²) in [7, 11) is 3.47. The molecule has 0 atom stereocenters. The molecule has 1 aliphatic heterocycles. The van der Waals surface area contributed by atoms with Gasteiger partial charge in [-0.1, -0.05) is 30.3 Å². The van der Waals surface area contributed by atoms with Gasteiger partial charge in [-0.15, -0.1) is 0 Å². The zero-order valence-corrected chi connectivity index (χ0v) is 20.8. The highest BCUT2D eigenvalue weighted by molar-refractivity contribution is 7.80. The fourth-order valence-corrected chi connectivity index (χ4v) is 3.96. The number of para-hydroxylation sites is 2. The van der Waals surface area contributed by atoms with Gasteiger partial charge in [-0.25, -0.2) is 0 Å². The van der Waals surface area contributed by atoms with Crippen molar-refractivity contribution in [3.63, 3.8) is 0 Å². The smallest absolute Gasteiger partial charge is 0.277 e. The van der Waals surface area contributed by atoms with Crippen LogP contribution in [0.25, 0.3) is 5.57 Å². The van der Waals surface area contributed by atoms with E-state index in [0.29, 0.717) is 22.8 Å². The third-order valence-corrected chi connectivity index (χ3v) is 5.57. The van der Waals surface area contributed by atoms with E-state index in [1.807, 2.05) is 30.3 Å². The number of nitro groups is 1. The first-order valence-electron chi connectivity index (χ1n) is 11.1. The van der Waals surface area contributed by atoms with Gasteiger partial charge in [0.2, 0.25) is 0 Å². The van der Waals surface area contributed by atoms with Gasteiger partial charge in [0.05, 0.1) is 16.2 Å². The second-order valence-corrected chi connectivity index (χ2v) is 8.58. The number of hydrogen-bond donors (Lipinski definition) is 1. The van der Waals surface area contributed by atoms with Gasteiger partial charge in [-0.05, 0) is 60.8 Å². The van der Waals surface area contributed by atoms with Crippen molar-refractivity contribution in [3.8, 4) is 11.5 Å². The van der Waals surface area contributed by atoms with Crippen LogP contribution in [0.4, 0.5) is 11.4 Å². The summed E-state index contributed by atoms with van der Waals surface area (Å²) in [5, 5.41) is 14.1. The lowest BCUT2D eigenvalue weighted by Gasteiger charge is -2.29. The molecule has 1 fully saturated rings. The molecule has 0 unspecified atom stereocenters. The molecule has 10 heteroatoms. The predicted molar refractivity (Wildman–Crippen MR) is 144 cm³/mol. The summed E-state index contributed by atoms with van der Waals surface area (Å²) in [6.07, 6.45) is 2.94. The molecule has 1 heterocycles. The first-order chi connectivity index (χ1) is 17.7. The summed E-state index contributed by atoms with van der Waals surface area (Å²) in [6.45, 7) is 0. The van der Waals surface area contributed by atoms with Crippen LogP contribution in [0.1, 0.15) is 5.56 Å². The Bertz CT molecular complexity index is 1430. The van der Waals surface area contributed by atoms with Crippen molar-refractivity contribution in [2.75, 3.05) is 19.0 Å². The van der Waals surface area contributed by atoms with Crippen LogP contribution in [0.2, 0.25) is 0 Å². The molecule has 0 aliphatic carbocycles. The molecule has 1 N–H and O–H groups in total. The van der Waals surface area contributed by atoms with E-state index in [-0.39, 0.29) is 21.9 Å². The number of nitrogens with zero attached hydrogens (tertiary/aromatic N) is 3. The van der Waals surface area contributed by atoms with E-state index < -0.39 is 16.7 Å². The fraction of sp³-hybridized carbons (Fsp3) is 0.0741. The van der Waals surface area contributed by atoms with Crippen molar-refractivity contribution in [2.24, 2.45) is 0 Å². The molecule has 3 aromatic rings. The average molecular weight is 515 g/mol. The van der Waals surface area contributed by atoms with Crippen LogP contribution in [0.5, 0.6) is 11.5 Å². The average Bonchev–Trinajstić information content (AvgIpc) is 2.87. The van der Waals surface area contributed by atoms with Crippen molar-refractivity contribution >= 4 is 46.1 Å². The summed E-state index contributed by atoms with van der Waals surface area (Å²) < 4.78 is 5.80. The van der Waals surface area contributed by atoms with E-state index in [1.165, 1.54) is 17.0 Å². The Labute approximate surface area is 218 Å². The molecule has 0 radical (unpaired) electrons. The Morgan fingerprint density at radius 2 is 1.59 bits per heavy atom. The summed E-state index contributed by atoms with van der Waals surface area (Å²) in [5.74, 6) is -0.141. The number of thiocarbonyl (C=S) groups is 1. The second-order valence-electron chi connectivity index (χ2n) is 8.19. The summed E-state index contributed by atoms with van der Waals surface area (Å²) in [5.41, 5.74) is 0.624. The minimum absolute atomic E-state index is 0.0762. The van der Waals surface area contributed by atoms with E-state index >= 15 is 0 Å². The molecular weight excluding hydrogens is 492 g/mol. The van der Waals surface area contributed by atoms with Gasteiger partial charge in [0.15, 0.2) is 5.11 Å². The molecule has 0 spiro atoms. The molecule has 0 aromatic heterocycles. The standard InChI is InChI=1S/C27H22N4O5S/c1-29(2)17-18(22-10-6-7-11-24(22)31(34)35)16-23-25(32)28-27(37)30(26(23)33)19-12-14-21(15-13-19)36-20-8-4-3-5-9-20/h3-17H,1-2H3,(H,28,32,37). The van der Waals surface area contributed by atoms with Crippen molar-refractivity contribution in [3.05, 3.63) is 112 Å². The van der Waals surface area contributed by atoms with Gasteiger partial charge < -0.3 is 9.64 Å². The summed E-state index contributed by atoms with van der Waals surface area (Å²) >= 11 is 5.29. The Kier molecular flexibility index (Phi) is 7.40. The summed E-state index contributed by atoms with van der Waals surface area (Å²) in [6, 6.07) is 22.0. The predicted octanol–water partition coefficient (Wildman–Crippen LogP) is 4.66. The number of amides is 2. The van der Waals surface area contributed by atoms with Crippen LogP contribution in [0.3, 0.4) is 0 Å². The lowest BCUT2D eigenvalue weighted by molar-refractivity contribution is -0.385. The molecule has 2 amide bonds. The lowest BCUT2D eigenvalue weighted by Crippen LogP contribution is -2.54. The van der Waals surface area contributed by atoms with Gasteiger partial charge in [0.25, 0.3) is 17.5 Å². The maximum Gasteiger partial charge on any atom is 0.277 e. The molecule has 37 heavy (non-hydrogen) atoms. The number of carbonyl (C=O) groups is 2. The number of carbonyl (C=O) groups excluding carboxylic acids is 2. The van der Waals surface area contributed by atoms with E-state index in [4.69, 9.17) is 17.0 Å². The number of benzene rings is 3. The van der Waals surface area contributed by atoms with Crippen molar-refractivity contribution in [1.29, 1.82) is 0 Å². The molecule has 0 saturated carbocycles. The molecular formula is C27H22N4O5S. The van der Waals surface area contributed by atoms with E-state index in [2.05, 4.69) is 5.32 Å².